The van der Waals surface area contributed by atoms with Crippen molar-refractivity contribution in [1.82, 2.24) is 0 Å². The molecule has 0 radical (unpaired) electrons. The molecule has 0 atom stereocenters. The zero-order valence-electron chi connectivity index (χ0n) is 17.8. The maximum atomic E-state index is 13.1. The minimum absolute atomic E-state index is 0.0735. The maximum Gasteiger partial charge on any atom is 0.264 e. The van der Waals surface area contributed by atoms with Gasteiger partial charge in [-0.3, -0.25) is 9.10 Å². The number of hydrogen-bond acceptors (Lipinski definition) is 5. The molecule has 0 fully saturated rings. The lowest BCUT2D eigenvalue weighted by Crippen LogP contribution is -2.27. The number of sulfonamides is 1. The van der Waals surface area contributed by atoms with Crippen LogP contribution in [0.4, 0.5) is 11.4 Å². The summed E-state index contributed by atoms with van der Waals surface area (Å²) in [5.41, 5.74) is 1.47. The lowest BCUT2D eigenvalue weighted by Gasteiger charge is -2.21. The Kier molecular flexibility index (Phi) is 7.61. The Balaban J connectivity index is 1.80. The predicted molar refractivity (Wildman–Crippen MR) is 130 cm³/mol. The van der Waals surface area contributed by atoms with Gasteiger partial charge in [0.15, 0.2) is 0 Å². The maximum absolute atomic E-state index is 13.1. The molecular weight excluding hydrogens is 444 g/mol. The van der Waals surface area contributed by atoms with Crippen LogP contribution in [-0.2, 0) is 10.0 Å². The van der Waals surface area contributed by atoms with Gasteiger partial charge >= 0.3 is 0 Å². The largest absolute Gasteiger partial charge is 0.495 e. The van der Waals surface area contributed by atoms with Gasteiger partial charge in [-0.2, -0.15) is 0 Å². The van der Waals surface area contributed by atoms with E-state index in [2.05, 4.69) is 11.9 Å². The van der Waals surface area contributed by atoms with Gasteiger partial charge in [-0.05, 0) is 48.5 Å². The quantitative estimate of drug-likeness (QED) is 0.351. The lowest BCUT2D eigenvalue weighted by atomic mass is 10.2. The van der Waals surface area contributed by atoms with E-state index in [-0.39, 0.29) is 10.8 Å². The van der Waals surface area contributed by atoms with Gasteiger partial charge < -0.3 is 10.1 Å². The number of rotatable bonds is 9. The number of hydrogen-bond donors (Lipinski definition) is 1. The summed E-state index contributed by atoms with van der Waals surface area (Å²) in [4.78, 5) is 13.7. The monoisotopic (exact) mass is 468 g/mol. The van der Waals surface area contributed by atoms with Crippen molar-refractivity contribution in [3.05, 3.63) is 91.0 Å². The van der Waals surface area contributed by atoms with E-state index >= 15 is 0 Å². The van der Waals surface area contributed by atoms with Crippen molar-refractivity contribution in [3.63, 3.8) is 0 Å². The van der Waals surface area contributed by atoms with Gasteiger partial charge in [0.25, 0.3) is 15.9 Å². The van der Waals surface area contributed by atoms with Gasteiger partial charge in [0.1, 0.15) is 5.75 Å². The highest BCUT2D eigenvalue weighted by atomic mass is 32.2. The second kappa shape index (κ2) is 10.4. The summed E-state index contributed by atoms with van der Waals surface area (Å²) < 4.78 is 32.6. The summed E-state index contributed by atoms with van der Waals surface area (Å²) in [6.45, 7) is 3.72. The van der Waals surface area contributed by atoms with E-state index in [4.69, 9.17) is 4.74 Å². The van der Waals surface area contributed by atoms with Crippen LogP contribution < -0.4 is 14.4 Å². The smallest absolute Gasteiger partial charge is 0.264 e. The molecule has 0 heterocycles. The first-order chi connectivity index (χ1) is 15.4. The summed E-state index contributed by atoms with van der Waals surface area (Å²) in [5, 5.41) is 2.89. The van der Waals surface area contributed by atoms with E-state index in [0.29, 0.717) is 22.7 Å². The average molecular weight is 469 g/mol. The number of nitrogens with zero attached hydrogens (tertiary/aromatic N) is 1. The number of amides is 1. The van der Waals surface area contributed by atoms with Gasteiger partial charge in [0.05, 0.1) is 23.4 Å². The SMILES string of the molecule is C=CCSc1ccccc1NC(=O)c1ccc(S(=O)(=O)N(C)c2ccccc2OC)cc1. The molecule has 0 unspecified atom stereocenters. The third-order valence-electron chi connectivity index (χ3n) is 4.69. The van der Waals surface area contributed by atoms with E-state index < -0.39 is 10.0 Å². The van der Waals surface area contributed by atoms with Crippen LogP contribution in [-0.4, -0.2) is 34.2 Å². The number of ether oxygens (including phenoxy) is 1. The Bertz CT molecular complexity index is 1210. The van der Waals surface area contributed by atoms with Crippen LogP contribution in [0.25, 0.3) is 0 Å². The fourth-order valence-corrected chi connectivity index (χ4v) is 4.95. The minimum atomic E-state index is -3.83. The molecule has 3 rings (SSSR count). The Labute approximate surface area is 193 Å². The molecule has 8 heteroatoms. The number of methoxy groups -OCH3 is 1. The first-order valence-corrected chi connectivity index (χ1v) is 12.2. The third-order valence-corrected chi connectivity index (χ3v) is 7.55. The molecule has 0 saturated carbocycles. The summed E-state index contributed by atoms with van der Waals surface area (Å²) in [5.74, 6) is 0.848. The zero-order chi connectivity index (χ0) is 23.1. The van der Waals surface area contributed by atoms with Gasteiger partial charge in [-0.1, -0.05) is 30.3 Å². The number of para-hydroxylation sites is 3. The van der Waals surface area contributed by atoms with Crippen LogP contribution in [0.5, 0.6) is 5.75 Å². The molecule has 6 nitrogen and oxygen atoms in total. The average Bonchev–Trinajstić information content (AvgIpc) is 2.83. The van der Waals surface area contributed by atoms with Crippen LogP contribution >= 0.6 is 11.8 Å². The molecule has 0 aliphatic heterocycles. The van der Waals surface area contributed by atoms with E-state index in [1.54, 1.807) is 42.1 Å². The second-order valence-corrected chi connectivity index (χ2v) is 9.75. The molecule has 0 aliphatic carbocycles. The fourth-order valence-electron chi connectivity index (χ4n) is 2.99. The zero-order valence-corrected chi connectivity index (χ0v) is 19.4. The molecule has 3 aromatic carbocycles. The summed E-state index contributed by atoms with van der Waals surface area (Å²) in [6.07, 6.45) is 1.80. The van der Waals surface area contributed by atoms with E-state index in [0.717, 1.165) is 15.0 Å². The Morgan fingerprint density at radius 1 is 1.06 bits per heavy atom. The molecule has 0 spiro atoms. The minimum Gasteiger partial charge on any atom is -0.495 e. The third kappa shape index (κ3) is 5.15. The Hall–Kier alpha value is -3.23. The highest BCUT2D eigenvalue weighted by Crippen LogP contribution is 2.31. The van der Waals surface area contributed by atoms with E-state index in [1.165, 1.54) is 38.4 Å². The van der Waals surface area contributed by atoms with Crippen molar-refractivity contribution >= 4 is 39.1 Å². The fraction of sp³-hybridized carbons (Fsp3) is 0.125. The standard InChI is InChI=1S/C24H24N2O4S2/c1-4-17-31-23-12-8-5-9-20(23)25-24(27)18-13-15-19(16-14-18)32(28,29)26(2)21-10-6-7-11-22(21)30-3/h4-16H,1,17H2,2-3H3,(H,25,27). The topological polar surface area (TPSA) is 75.7 Å². The van der Waals surface area contributed by atoms with E-state index in [9.17, 15) is 13.2 Å². The first kappa shape index (κ1) is 23.4. The van der Waals surface area contributed by atoms with Gasteiger partial charge in [-0.25, -0.2) is 8.42 Å². The van der Waals surface area contributed by atoms with Crippen molar-refractivity contribution in [2.75, 3.05) is 29.5 Å². The van der Waals surface area contributed by atoms with Crippen molar-refractivity contribution in [3.8, 4) is 5.75 Å². The number of nitrogens with one attached hydrogen (secondary N) is 1. The van der Waals surface area contributed by atoms with Crippen LogP contribution in [0, 0.1) is 0 Å². The second-order valence-electron chi connectivity index (χ2n) is 6.72. The molecule has 0 aliphatic rings. The van der Waals surface area contributed by atoms with Gasteiger partial charge in [-0.15, -0.1) is 18.3 Å². The Morgan fingerprint density at radius 3 is 2.41 bits per heavy atom. The summed E-state index contributed by atoms with van der Waals surface area (Å²) >= 11 is 1.57. The van der Waals surface area contributed by atoms with Gasteiger partial charge in [0.2, 0.25) is 0 Å². The highest BCUT2D eigenvalue weighted by molar-refractivity contribution is 7.99. The van der Waals surface area contributed by atoms with Crippen molar-refractivity contribution in [2.45, 2.75) is 9.79 Å². The molecular formula is C24H24N2O4S2. The molecule has 166 valence electrons. The van der Waals surface area contributed by atoms with Crippen LogP contribution in [0.15, 0.2) is 95.2 Å². The van der Waals surface area contributed by atoms with E-state index in [1.807, 2.05) is 24.3 Å². The molecule has 1 amide bonds. The molecule has 3 aromatic rings. The van der Waals surface area contributed by atoms with Gasteiger partial charge in [0, 0.05) is 23.3 Å². The number of benzene rings is 3. The number of carbonyl (C=O) groups is 1. The van der Waals surface area contributed by atoms with Crippen molar-refractivity contribution < 1.29 is 17.9 Å². The Morgan fingerprint density at radius 2 is 1.72 bits per heavy atom. The van der Waals surface area contributed by atoms with Crippen molar-refractivity contribution in [2.24, 2.45) is 0 Å². The molecule has 0 saturated heterocycles. The van der Waals surface area contributed by atoms with Crippen LogP contribution in [0.3, 0.4) is 0 Å². The first-order valence-electron chi connectivity index (χ1n) is 9.74. The van der Waals surface area contributed by atoms with Crippen LogP contribution in [0.2, 0.25) is 0 Å². The number of anilines is 2. The molecule has 32 heavy (non-hydrogen) atoms. The summed E-state index contributed by atoms with van der Waals surface area (Å²) in [6, 6.07) is 20.2. The van der Waals surface area contributed by atoms with Crippen LogP contribution in [0.1, 0.15) is 10.4 Å². The normalized spacial score (nSPS) is 10.9. The lowest BCUT2D eigenvalue weighted by molar-refractivity contribution is 0.102. The highest BCUT2D eigenvalue weighted by Gasteiger charge is 2.24. The molecule has 1 N–H and O–H groups in total. The number of thioether (sulfide) groups is 1. The molecule has 0 bridgehead atoms. The number of carbonyl (C=O) groups excluding carboxylic acids is 1. The predicted octanol–water partition coefficient (Wildman–Crippen LogP) is 5.05. The van der Waals surface area contributed by atoms with Crippen molar-refractivity contribution in [1.29, 1.82) is 0 Å². The summed E-state index contributed by atoms with van der Waals surface area (Å²) in [7, 11) is -0.883. The molecule has 0 aromatic heterocycles.